The van der Waals surface area contributed by atoms with Crippen molar-refractivity contribution >= 4 is 11.9 Å². The molecule has 1 aliphatic rings. The number of carbonyl (C=O) groups excluding carboxylic acids is 2. The van der Waals surface area contributed by atoms with Gasteiger partial charge in [-0.15, -0.1) is 0 Å². The Morgan fingerprint density at radius 1 is 1.12 bits per heavy atom. The van der Waals surface area contributed by atoms with Crippen molar-refractivity contribution in [2.24, 2.45) is 5.73 Å². The van der Waals surface area contributed by atoms with Gasteiger partial charge < -0.3 is 15.2 Å². The summed E-state index contributed by atoms with van der Waals surface area (Å²) in [6.45, 7) is -0.0226. The molecule has 0 fully saturated rings. The molecule has 0 aliphatic carbocycles. The van der Waals surface area contributed by atoms with Gasteiger partial charge >= 0.3 is 12.1 Å². The molecule has 1 unspecified atom stereocenters. The van der Waals surface area contributed by atoms with Crippen LogP contribution < -0.4 is 10.5 Å². The predicted molar refractivity (Wildman–Crippen MR) is 106 cm³/mol. The molecule has 0 radical (unpaired) electrons. The van der Waals surface area contributed by atoms with Crippen molar-refractivity contribution < 1.29 is 36.6 Å². The Morgan fingerprint density at radius 2 is 1.81 bits per heavy atom. The number of fused-ring (bicyclic) bond motifs is 1. The van der Waals surface area contributed by atoms with E-state index in [0.29, 0.717) is 29.6 Å². The van der Waals surface area contributed by atoms with Gasteiger partial charge in [0.2, 0.25) is 6.23 Å². The van der Waals surface area contributed by atoms with Gasteiger partial charge in [-0.05, 0) is 36.2 Å². The highest BCUT2D eigenvalue weighted by atomic mass is 19.4. The Labute approximate surface area is 181 Å². The Balaban J connectivity index is 1.81. The minimum Gasteiger partial charge on any atom is -0.489 e. The molecule has 0 aromatic heterocycles. The molecule has 32 heavy (non-hydrogen) atoms. The number of benzene rings is 2. The molecule has 1 amide bonds. The second-order valence-electron chi connectivity index (χ2n) is 6.99. The van der Waals surface area contributed by atoms with Gasteiger partial charge in [0.1, 0.15) is 12.4 Å². The lowest BCUT2D eigenvalue weighted by atomic mass is 9.97. The molecule has 3 rings (SSSR count). The molecule has 0 spiro atoms. The van der Waals surface area contributed by atoms with Gasteiger partial charge in [0.05, 0.1) is 6.33 Å². The van der Waals surface area contributed by atoms with E-state index in [2.05, 4.69) is 0 Å². The zero-order valence-electron chi connectivity index (χ0n) is 16.8. The maximum Gasteiger partial charge on any atom is 0.491 e. The van der Waals surface area contributed by atoms with Gasteiger partial charge in [-0.1, -0.05) is 24.3 Å². The van der Waals surface area contributed by atoms with Crippen LogP contribution in [0.5, 0.6) is 5.75 Å². The second kappa shape index (κ2) is 9.82. The van der Waals surface area contributed by atoms with E-state index in [1.54, 1.807) is 18.2 Å². The number of amides is 1. The highest BCUT2D eigenvalue weighted by Gasteiger charge is 2.45. The Hall–Kier alpha value is -3.40. The molecule has 2 aromatic rings. The van der Waals surface area contributed by atoms with E-state index in [-0.39, 0.29) is 30.8 Å². The molecule has 2 N–H and O–H groups in total. The third-order valence-corrected chi connectivity index (χ3v) is 4.88. The van der Waals surface area contributed by atoms with Crippen molar-refractivity contribution in [3.8, 4) is 5.75 Å². The van der Waals surface area contributed by atoms with E-state index in [1.165, 1.54) is 30.3 Å². The van der Waals surface area contributed by atoms with Crippen molar-refractivity contribution in [3.05, 3.63) is 77.1 Å². The van der Waals surface area contributed by atoms with E-state index >= 15 is 0 Å². The van der Waals surface area contributed by atoms with Crippen LogP contribution in [0.3, 0.4) is 0 Å². The summed E-state index contributed by atoms with van der Waals surface area (Å²) in [5.41, 5.74) is 6.76. The van der Waals surface area contributed by atoms with Crippen LogP contribution in [0.25, 0.3) is 0 Å². The third-order valence-electron chi connectivity index (χ3n) is 4.88. The van der Waals surface area contributed by atoms with Crippen LogP contribution in [0.4, 0.5) is 17.6 Å². The van der Waals surface area contributed by atoms with Crippen LogP contribution in [0.15, 0.2) is 60.4 Å². The Kier molecular flexibility index (Phi) is 7.14. The van der Waals surface area contributed by atoms with Crippen molar-refractivity contribution in [3.63, 3.8) is 0 Å². The van der Waals surface area contributed by atoms with E-state index in [1.807, 2.05) is 0 Å². The Morgan fingerprint density at radius 3 is 2.44 bits per heavy atom. The molecule has 0 saturated heterocycles. The zero-order chi connectivity index (χ0) is 23.3. The van der Waals surface area contributed by atoms with Gasteiger partial charge in [-0.25, -0.2) is 9.18 Å². The average molecular weight is 452 g/mol. The topological polar surface area (TPSA) is 81.9 Å². The van der Waals surface area contributed by atoms with Gasteiger partial charge in [-0.2, -0.15) is 13.2 Å². The highest BCUT2D eigenvalue weighted by molar-refractivity contribution is 5.95. The predicted octanol–water partition coefficient (Wildman–Crippen LogP) is 3.68. The SMILES string of the molecule is NC/C(=C\F)COc1ccc(C(=O)N2CCc3ccccc3C2OC(=O)C(F)(F)F)cc1. The summed E-state index contributed by atoms with van der Waals surface area (Å²) in [6.07, 6.45) is -5.97. The minimum atomic E-state index is -5.20. The highest BCUT2D eigenvalue weighted by Crippen LogP contribution is 2.34. The fourth-order valence-corrected chi connectivity index (χ4v) is 3.20. The molecule has 2 aromatic carbocycles. The van der Waals surface area contributed by atoms with E-state index in [4.69, 9.17) is 15.2 Å². The van der Waals surface area contributed by atoms with E-state index in [0.717, 1.165) is 4.90 Å². The molecule has 0 bridgehead atoms. The lowest BCUT2D eigenvalue weighted by molar-refractivity contribution is -0.212. The molecular weight excluding hydrogens is 432 g/mol. The van der Waals surface area contributed by atoms with Crippen LogP contribution in [-0.4, -0.2) is 42.6 Å². The normalized spacial score (nSPS) is 16.3. The number of rotatable bonds is 6. The van der Waals surface area contributed by atoms with Gasteiger partial charge in [0.15, 0.2) is 0 Å². The first-order valence-electron chi connectivity index (χ1n) is 9.62. The van der Waals surface area contributed by atoms with Crippen LogP contribution in [0.1, 0.15) is 27.7 Å². The lowest BCUT2D eigenvalue weighted by Crippen LogP contribution is -2.43. The van der Waals surface area contributed by atoms with Crippen molar-refractivity contribution in [1.82, 2.24) is 4.90 Å². The number of nitrogens with zero attached hydrogens (tertiary/aromatic N) is 1. The van der Waals surface area contributed by atoms with E-state index < -0.39 is 24.3 Å². The summed E-state index contributed by atoms with van der Waals surface area (Å²) in [6, 6.07) is 12.3. The average Bonchev–Trinajstić information content (AvgIpc) is 2.79. The fraction of sp³-hybridized carbons (Fsp3) is 0.273. The van der Waals surface area contributed by atoms with Gasteiger partial charge in [0.25, 0.3) is 5.91 Å². The summed E-state index contributed by atoms with van der Waals surface area (Å²) < 4.78 is 61.1. The standard InChI is InChI=1S/C22H20F4N2O4/c23-11-14(12-27)13-31-17-7-5-16(6-8-17)19(29)28-10-9-15-3-1-2-4-18(15)20(28)32-21(30)22(24,25)26/h1-8,11,20H,9-10,12-13,27H2/b14-11+. The van der Waals surface area contributed by atoms with E-state index in [9.17, 15) is 27.2 Å². The van der Waals surface area contributed by atoms with Crippen LogP contribution in [-0.2, 0) is 16.0 Å². The summed E-state index contributed by atoms with van der Waals surface area (Å²) in [4.78, 5) is 25.7. The number of ether oxygens (including phenoxy) is 2. The molecule has 1 atom stereocenters. The molecule has 1 heterocycles. The third kappa shape index (κ3) is 5.25. The monoisotopic (exact) mass is 452 g/mol. The number of hydrogen-bond acceptors (Lipinski definition) is 5. The molecule has 1 aliphatic heterocycles. The van der Waals surface area contributed by atoms with Crippen molar-refractivity contribution in [2.45, 2.75) is 18.8 Å². The quantitative estimate of drug-likeness (QED) is 0.534. The molecule has 10 heteroatoms. The summed E-state index contributed by atoms with van der Waals surface area (Å²) in [5, 5.41) is 0. The number of esters is 1. The molecule has 0 saturated carbocycles. The molecular formula is C22H20F4N2O4. The summed E-state index contributed by atoms with van der Waals surface area (Å²) >= 11 is 0. The second-order valence-corrected chi connectivity index (χ2v) is 6.99. The maximum atomic E-state index is 13.1. The number of alkyl halides is 3. The molecule has 6 nitrogen and oxygen atoms in total. The van der Waals surface area contributed by atoms with Crippen LogP contribution in [0.2, 0.25) is 0 Å². The first-order valence-corrected chi connectivity index (χ1v) is 9.62. The Bertz CT molecular complexity index is 1010. The molecule has 170 valence electrons. The van der Waals surface area contributed by atoms with Crippen LogP contribution in [0, 0.1) is 0 Å². The number of carbonyl (C=O) groups is 2. The maximum absolute atomic E-state index is 13.1. The van der Waals surface area contributed by atoms with Crippen molar-refractivity contribution in [2.75, 3.05) is 19.7 Å². The fourth-order valence-electron chi connectivity index (χ4n) is 3.20. The number of hydrogen-bond donors (Lipinski definition) is 1. The van der Waals surface area contributed by atoms with Crippen LogP contribution >= 0.6 is 0 Å². The largest absolute Gasteiger partial charge is 0.491 e. The zero-order valence-corrected chi connectivity index (χ0v) is 16.8. The minimum absolute atomic E-state index is 0.0124. The first-order chi connectivity index (χ1) is 15.2. The summed E-state index contributed by atoms with van der Waals surface area (Å²) in [5.74, 6) is -2.65. The van der Waals surface area contributed by atoms with Gasteiger partial charge in [-0.3, -0.25) is 9.69 Å². The number of halogens is 4. The number of nitrogens with two attached hydrogens (primary N) is 1. The van der Waals surface area contributed by atoms with Crippen molar-refractivity contribution in [1.29, 1.82) is 0 Å². The van der Waals surface area contributed by atoms with Gasteiger partial charge in [0, 0.05) is 29.8 Å². The first kappa shape index (κ1) is 23.3. The smallest absolute Gasteiger partial charge is 0.489 e. The summed E-state index contributed by atoms with van der Waals surface area (Å²) in [7, 11) is 0. The lowest BCUT2D eigenvalue weighted by Gasteiger charge is -2.36.